The third-order valence-electron chi connectivity index (χ3n) is 2.96. The summed E-state index contributed by atoms with van der Waals surface area (Å²) in [6, 6.07) is 13.5. The lowest BCUT2D eigenvalue weighted by Gasteiger charge is -2.08. The predicted molar refractivity (Wildman–Crippen MR) is 78.9 cm³/mol. The summed E-state index contributed by atoms with van der Waals surface area (Å²) >= 11 is 1.68. The van der Waals surface area contributed by atoms with Gasteiger partial charge in [-0.15, -0.1) is 11.8 Å². The Morgan fingerprint density at radius 2 is 1.89 bits per heavy atom. The number of thioether (sulfide) groups is 1. The number of carboxylic acids is 1. The predicted octanol–water partition coefficient (Wildman–Crippen LogP) is 4.29. The van der Waals surface area contributed by atoms with Crippen LogP contribution in [-0.4, -0.2) is 11.1 Å². The zero-order valence-electron chi connectivity index (χ0n) is 11.0. The number of hydrogen-bond acceptors (Lipinski definition) is 2. The number of hydrogen-bond donors (Lipinski definition) is 1. The third kappa shape index (κ3) is 3.38. The summed E-state index contributed by atoms with van der Waals surface area (Å²) in [5, 5.41) is 9.14. The first kappa shape index (κ1) is 13.7. The van der Waals surface area contributed by atoms with Crippen LogP contribution in [0, 0.1) is 13.8 Å². The maximum Gasteiger partial charge on any atom is 0.335 e. The topological polar surface area (TPSA) is 37.3 Å². The van der Waals surface area contributed by atoms with Gasteiger partial charge < -0.3 is 5.11 Å². The molecule has 0 atom stereocenters. The molecule has 0 aliphatic heterocycles. The van der Waals surface area contributed by atoms with E-state index < -0.39 is 5.97 Å². The monoisotopic (exact) mass is 272 g/mol. The molecule has 1 N–H and O–H groups in total. The van der Waals surface area contributed by atoms with Crippen molar-refractivity contribution < 1.29 is 9.90 Å². The van der Waals surface area contributed by atoms with Gasteiger partial charge in [0.25, 0.3) is 0 Å². The van der Waals surface area contributed by atoms with Gasteiger partial charge in [0, 0.05) is 10.6 Å². The normalized spacial score (nSPS) is 10.4. The number of aryl methyl sites for hydroxylation is 2. The first-order valence-electron chi connectivity index (χ1n) is 6.09. The summed E-state index contributed by atoms with van der Waals surface area (Å²) in [5.41, 5.74) is 3.73. The van der Waals surface area contributed by atoms with Gasteiger partial charge in [-0.2, -0.15) is 0 Å². The fraction of sp³-hybridized carbons (Fsp3) is 0.188. The van der Waals surface area contributed by atoms with Crippen molar-refractivity contribution in [2.24, 2.45) is 0 Å². The highest BCUT2D eigenvalue weighted by Gasteiger charge is 2.09. The van der Waals surface area contributed by atoms with E-state index in [0.717, 1.165) is 5.56 Å². The fourth-order valence-electron chi connectivity index (χ4n) is 1.97. The van der Waals surface area contributed by atoms with Crippen LogP contribution in [0.1, 0.15) is 27.0 Å². The SMILES string of the molecule is Cc1ccc(SCc2ccccc2C(=O)O)c(C)c1. The number of rotatable bonds is 4. The van der Waals surface area contributed by atoms with Gasteiger partial charge in [-0.1, -0.05) is 35.9 Å². The van der Waals surface area contributed by atoms with Gasteiger partial charge in [0.15, 0.2) is 0 Å². The van der Waals surface area contributed by atoms with Crippen molar-refractivity contribution in [3.63, 3.8) is 0 Å². The second-order valence-corrected chi connectivity index (χ2v) is 5.54. The van der Waals surface area contributed by atoms with Crippen LogP contribution < -0.4 is 0 Å². The second-order valence-electron chi connectivity index (χ2n) is 4.52. The molecule has 2 aromatic carbocycles. The molecular weight excluding hydrogens is 256 g/mol. The molecule has 0 fully saturated rings. The summed E-state index contributed by atoms with van der Waals surface area (Å²) < 4.78 is 0. The Balaban J connectivity index is 2.17. The molecule has 0 saturated carbocycles. The van der Waals surface area contributed by atoms with E-state index >= 15 is 0 Å². The third-order valence-corrected chi connectivity index (χ3v) is 4.19. The van der Waals surface area contributed by atoms with Crippen LogP contribution in [0.25, 0.3) is 0 Å². The minimum absolute atomic E-state index is 0.389. The largest absolute Gasteiger partial charge is 0.478 e. The van der Waals surface area contributed by atoms with E-state index in [1.807, 2.05) is 12.1 Å². The highest BCUT2D eigenvalue weighted by atomic mass is 32.2. The van der Waals surface area contributed by atoms with E-state index in [-0.39, 0.29) is 0 Å². The first-order chi connectivity index (χ1) is 9.08. The first-order valence-corrected chi connectivity index (χ1v) is 7.08. The molecule has 0 bridgehead atoms. The lowest BCUT2D eigenvalue weighted by atomic mass is 10.1. The number of benzene rings is 2. The molecular formula is C16H16O2S. The lowest BCUT2D eigenvalue weighted by molar-refractivity contribution is 0.0696. The number of carbonyl (C=O) groups is 1. The number of carboxylic acid groups (broad SMARTS) is 1. The highest BCUT2D eigenvalue weighted by molar-refractivity contribution is 7.98. The summed E-state index contributed by atoms with van der Waals surface area (Å²) in [6.07, 6.45) is 0. The maximum absolute atomic E-state index is 11.1. The Morgan fingerprint density at radius 3 is 2.58 bits per heavy atom. The molecule has 2 nitrogen and oxygen atoms in total. The lowest BCUT2D eigenvalue weighted by Crippen LogP contribution is -2.00. The Bertz CT molecular complexity index is 605. The van der Waals surface area contributed by atoms with E-state index in [9.17, 15) is 4.79 Å². The molecule has 0 amide bonds. The molecule has 19 heavy (non-hydrogen) atoms. The van der Waals surface area contributed by atoms with Crippen molar-refractivity contribution in [3.8, 4) is 0 Å². The minimum atomic E-state index is -0.864. The minimum Gasteiger partial charge on any atom is -0.478 e. The molecule has 0 unspecified atom stereocenters. The van der Waals surface area contributed by atoms with Gasteiger partial charge in [0.2, 0.25) is 0 Å². The zero-order valence-corrected chi connectivity index (χ0v) is 11.8. The highest BCUT2D eigenvalue weighted by Crippen LogP contribution is 2.27. The maximum atomic E-state index is 11.1. The molecule has 2 aromatic rings. The summed E-state index contributed by atoms with van der Waals surface area (Å²) in [4.78, 5) is 12.3. The molecule has 3 heteroatoms. The van der Waals surface area contributed by atoms with E-state index in [1.165, 1.54) is 16.0 Å². The van der Waals surface area contributed by atoms with Gasteiger partial charge in [0.05, 0.1) is 5.56 Å². The van der Waals surface area contributed by atoms with Crippen LogP contribution in [0.2, 0.25) is 0 Å². The van der Waals surface area contributed by atoms with E-state index in [0.29, 0.717) is 11.3 Å². The van der Waals surface area contributed by atoms with Crippen molar-refractivity contribution in [3.05, 3.63) is 64.7 Å². The van der Waals surface area contributed by atoms with E-state index in [4.69, 9.17) is 5.11 Å². The Labute approximate surface area is 117 Å². The van der Waals surface area contributed by atoms with Gasteiger partial charge in [-0.3, -0.25) is 0 Å². The average molecular weight is 272 g/mol. The van der Waals surface area contributed by atoms with Gasteiger partial charge in [-0.05, 0) is 37.1 Å². The van der Waals surface area contributed by atoms with Crippen LogP contribution in [0.3, 0.4) is 0 Å². The molecule has 0 heterocycles. The molecule has 0 saturated heterocycles. The van der Waals surface area contributed by atoms with Gasteiger partial charge >= 0.3 is 5.97 Å². The Hall–Kier alpha value is -1.74. The molecule has 0 radical (unpaired) electrons. The second kappa shape index (κ2) is 5.93. The van der Waals surface area contributed by atoms with Crippen LogP contribution in [-0.2, 0) is 5.75 Å². The summed E-state index contributed by atoms with van der Waals surface area (Å²) in [5.74, 6) is -0.191. The van der Waals surface area contributed by atoms with Crippen molar-refractivity contribution in [2.75, 3.05) is 0 Å². The average Bonchev–Trinajstić information content (AvgIpc) is 2.38. The van der Waals surface area contributed by atoms with E-state index in [2.05, 4.69) is 32.0 Å². The van der Waals surface area contributed by atoms with E-state index in [1.54, 1.807) is 23.9 Å². The van der Waals surface area contributed by atoms with Gasteiger partial charge in [0.1, 0.15) is 0 Å². The van der Waals surface area contributed by atoms with Crippen LogP contribution in [0.5, 0.6) is 0 Å². The van der Waals surface area contributed by atoms with Crippen LogP contribution in [0.4, 0.5) is 0 Å². The quantitative estimate of drug-likeness (QED) is 0.843. The van der Waals surface area contributed by atoms with Crippen LogP contribution in [0.15, 0.2) is 47.4 Å². The van der Waals surface area contributed by atoms with Crippen LogP contribution >= 0.6 is 11.8 Å². The fourth-order valence-corrected chi connectivity index (χ4v) is 2.99. The van der Waals surface area contributed by atoms with Crippen molar-refractivity contribution in [2.45, 2.75) is 24.5 Å². The Morgan fingerprint density at radius 1 is 1.16 bits per heavy atom. The number of aromatic carboxylic acids is 1. The molecule has 0 aliphatic carbocycles. The van der Waals surface area contributed by atoms with Gasteiger partial charge in [-0.25, -0.2) is 4.79 Å². The molecule has 0 aromatic heterocycles. The molecule has 98 valence electrons. The Kier molecular flexibility index (Phi) is 4.27. The molecule has 0 spiro atoms. The van der Waals surface area contributed by atoms with Crippen molar-refractivity contribution >= 4 is 17.7 Å². The smallest absolute Gasteiger partial charge is 0.335 e. The summed E-state index contributed by atoms with van der Waals surface area (Å²) in [7, 11) is 0. The molecule has 2 rings (SSSR count). The molecule has 0 aliphatic rings. The van der Waals surface area contributed by atoms with Crippen molar-refractivity contribution in [1.29, 1.82) is 0 Å². The standard InChI is InChI=1S/C16H16O2S/c1-11-7-8-15(12(2)9-11)19-10-13-5-3-4-6-14(13)16(17)18/h3-9H,10H2,1-2H3,(H,17,18). The van der Waals surface area contributed by atoms with Crippen molar-refractivity contribution in [1.82, 2.24) is 0 Å². The zero-order chi connectivity index (χ0) is 13.8. The summed E-state index contributed by atoms with van der Waals surface area (Å²) in [6.45, 7) is 4.15.